The Labute approximate surface area is 211 Å². The lowest BCUT2D eigenvalue weighted by Crippen LogP contribution is -2.73. The van der Waals surface area contributed by atoms with Crippen LogP contribution in [0.15, 0.2) is 67.0 Å². The Morgan fingerprint density at radius 1 is 0.971 bits per heavy atom. The van der Waals surface area contributed by atoms with Gasteiger partial charge in [-0.2, -0.15) is 9.97 Å². The van der Waals surface area contributed by atoms with Crippen molar-refractivity contribution in [2.24, 2.45) is 0 Å². The third kappa shape index (κ3) is 3.91. The highest BCUT2D eigenvalue weighted by Crippen LogP contribution is 2.48. The zero-order chi connectivity index (χ0) is 24.8. The van der Waals surface area contributed by atoms with Crippen LogP contribution in [-0.4, -0.2) is 43.7 Å². The van der Waals surface area contributed by atoms with Crippen LogP contribution >= 0.6 is 11.8 Å². The summed E-state index contributed by atoms with van der Waals surface area (Å²) in [5, 5.41) is 14.9. The molecule has 3 heterocycles. The van der Waals surface area contributed by atoms with Gasteiger partial charge >= 0.3 is 0 Å². The van der Waals surface area contributed by atoms with E-state index in [4.69, 9.17) is 11.5 Å². The molecule has 1 unspecified atom stereocenters. The molecule has 3 atom stereocenters. The maximum Gasteiger partial charge on any atom is 0.224 e. The molecule has 1 aliphatic heterocycles. The summed E-state index contributed by atoms with van der Waals surface area (Å²) in [5.41, 5.74) is 12.6. The molecule has 2 aromatic heterocycles. The first-order valence-electron chi connectivity index (χ1n) is 11.9. The van der Waals surface area contributed by atoms with Gasteiger partial charge in [0, 0.05) is 5.25 Å². The van der Waals surface area contributed by atoms with E-state index >= 15 is 0 Å². The zero-order valence-corrected chi connectivity index (χ0v) is 22.1. The van der Waals surface area contributed by atoms with Crippen LogP contribution in [-0.2, 0) is 0 Å². The number of nitrogens with two attached hydrogens (primary N) is 2. The number of nitrogen functional groups attached to an aromatic ring is 2. The van der Waals surface area contributed by atoms with Gasteiger partial charge in [-0.15, -0.1) is 11.8 Å². The SMILES string of the molecule is CC(C)(C)[Si](c1ccccc1)(c1ccccc1)C(O)[C@H]1CC[C@@H](n2cnc3c(N)nc(N)nc32)S1. The maximum atomic E-state index is 12.4. The van der Waals surface area contributed by atoms with E-state index in [0.717, 1.165) is 12.8 Å². The Morgan fingerprint density at radius 3 is 2.14 bits per heavy atom. The molecule has 4 aromatic rings. The summed E-state index contributed by atoms with van der Waals surface area (Å²) in [6.07, 6.45) is 3.57. The van der Waals surface area contributed by atoms with Crippen molar-refractivity contribution >= 4 is 53.1 Å². The van der Waals surface area contributed by atoms with Gasteiger partial charge in [-0.05, 0) is 17.9 Å². The number of benzene rings is 2. The number of imidazole rings is 1. The summed E-state index contributed by atoms with van der Waals surface area (Å²) in [7, 11) is -2.66. The fraction of sp³-hybridized carbons (Fsp3) is 0.346. The number of anilines is 2. The molecule has 35 heavy (non-hydrogen) atoms. The number of hydrogen-bond donors (Lipinski definition) is 3. The monoisotopic (exact) mass is 504 g/mol. The number of nitrogens with zero attached hydrogens (tertiary/aromatic N) is 4. The molecule has 0 saturated carbocycles. The standard InChI is InChI=1S/C26H32N6OSSi/c1-26(2,3)35(17-10-6-4-7-11-17,18-12-8-5-9-13-18)24(33)19-14-15-20(34-19)32-16-29-21-22(27)30-25(28)31-23(21)32/h4-13,16,19-20,24,33H,14-15H2,1-3H3,(H4,27,28,30,31)/t19-,20+,24?/m1/s1. The lowest BCUT2D eigenvalue weighted by atomic mass is 10.2. The fourth-order valence-corrected chi connectivity index (χ4v) is 13.8. The van der Waals surface area contributed by atoms with Gasteiger partial charge in [0.1, 0.15) is 5.52 Å². The second kappa shape index (κ2) is 8.96. The van der Waals surface area contributed by atoms with E-state index in [1.54, 1.807) is 18.1 Å². The number of aliphatic hydroxyl groups is 1. The van der Waals surface area contributed by atoms with Crippen molar-refractivity contribution in [2.45, 2.75) is 55.0 Å². The molecule has 0 aliphatic carbocycles. The first-order valence-corrected chi connectivity index (χ1v) is 15.0. The lowest BCUT2D eigenvalue weighted by molar-refractivity contribution is 0.235. The van der Waals surface area contributed by atoms with Crippen molar-refractivity contribution in [1.82, 2.24) is 19.5 Å². The van der Waals surface area contributed by atoms with Crippen LogP contribution in [0.25, 0.3) is 11.2 Å². The van der Waals surface area contributed by atoms with Crippen LogP contribution in [0.2, 0.25) is 5.04 Å². The Kier molecular flexibility index (Phi) is 6.10. The van der Waals surface area contributed by atoms with Crippen LogP contribution in [0.4, 0.5) is 11.8 Å². The van der Waals surface area contributed by atoms with Crippen molar-refractivity contribution in [3.05, 3.63) is 67.0 Å². The Hall–Kier alpha value is -2.88. The highest BCUT2D eigenvalue weighted by Gasteiger charge is 2.56. The minimum absolute atomic E-state index is 0.0697. The number of aliphatic hydroxyl groups excluding tert-OH is 1. The molecule has 0 spiro atoms. The third-order valence-electron chi connectivity index (χ3n) is 7.24. The molecule has 0 bridgehead atoms. The van der Waals surface area contributed by atoms with E-state index in [0.29, 0.717) is 11.2 Å². The first kappa shape index (κ1) is 23.8. The molecule has 2 aromatic carbocycles. The largest absolute Gasteiger partial charge is 0.395 e. The molecule has 7 nitrogen and oxygen atoms in total. The van der Waals surface area contributed by atoms with Gasteiger partial charge in [0.15, 0.2) is 19.5 Å². The topological polar surface area (TPSA) is 116 Å². The first-order chi connectivity index (χ1) is 16.7. The van der Waals surface area contributed by atoms with Crippen molar-refractivity contribution in [2.75, 3.05) is 11.5 Å². The van der Waals surface area contributed by atoms with Crippen LogP contribution in [0.3, 0.4) is 0 Å². The van der Waals surface area contributed by atoms with E-state index in [9.17, 15) is 5.11 Å². The molecule has 5 N–H and O–H groups in total. The normalized spacial score (nSPS) is 19.8. The number of fused-ring (bicyclic) bond motifs is 1. The predicted molar refractivity (Wildman–Crippen MR) is 147 cm³/mol. The summed E-state index contributed by atoms with van der Waals surface area (Å²) in [4.78, 5) is 12.9. The third-order valence-corrected chi connectivity index (χ3v) is 15.2. The highest BCUT2D eigenvalue weighted by atomic mass is 32.2. The van der Waals surface area contributed by atoms with Gasteiger partial charge in [0.25, 0.3) is 0 Å². The molecule has 9 heteroatoms. The Morgan fingerprint density at radius 2 is 1.57 bits per heavy atom. The summed E-state index contributed by atoms with van der Waals surface area (Å²) in [5.74, 6) is 0.432. The van der Waals surface area contributed by atoms with E-state index in [1.165, 1.54) is 10.4 Å². The van der Waals surface area contributed by atoms with Gasteiger partial charge in [-0.25, -0.2) is 4.98 Å². The summed E-state index contributed by atoms with van der Waals surface area (Å²) in [6, 6.07) is 21.3. The van der Waals surface area contributed by atoms with Crippen LogP contribution in [0, 0.1) is 0 Å². The zero-order valence-electron chi connectivity index (χ0n) is 20.3. The lowest BCUT2D eigenvalue weighted by Gasteiger charge is -2.48. The molecule has 0 amide bonds. The highest BCUT2D eigenvalue weighted by molar-refractivity contribution is 8.00. The molecule has 5 rings (SSSR count). The summed E-state index contributed by atoms with van der Waals surface area (Å²) < 4.78 is 2.03. The summed E-state index contributed by atoms with van der Waals surface area (Å²) in [6.45, 7) is 6.85. The molecular formula is C26H32N6OSSi. The molecule has 1 fully saturated rings. The number of hydrogen-bond acceptors (Lipinski definition) is 7. The molecule has 1 saturated heterocycles. The predicted octanol–water partition coefficient (Wildman–Crippen LogP) is 3.35. The van der Waals surface area contributed by atoms with Gasteiger partial charge in [0.05, 0.1) is 17.4 Å². The minimum atomic E-state index is -2.66. The quantitative estimate of drug-likeness (QED) is 0.357. The molecule has 1 aliphatic rings. The van der Waals surface area contributed by atoms with Crippen molar-refractivity contribution < 1.29 is 5.11 Å². The fourth-order valence-electron chi connectivity index (χ4n) is 5.75. The second-order valence-electron chi connectivity index (χ2n) is 10.2. The van der Waals surface area contributed by atoms with E-state index in [1.807, 2.05) is 16.7 Å². The van der Waals surface area contributed by atoms with Crippen molar-refractivity contribution in [3.63, 3.8) is 0 Å². The van der Waals surface area contributed by atoms with Gasteiger partial charge in [0.2, 0.25) is 5.95 Å². The maximum absolute atomic E-state index is 12.4. The minimum Gasteiger partial charge on any atom is -0.395 e. The second-order valence-corrected chi connectivity index (χ2v) is 16.5. The van der Waals surface area contributed by atoms with Crippen LogP contribution in [0.5, 0.6) is 0 Å². The van der Waals surface area contributed by atoms with Gasteiger partial charge in [-0.3, -0.25) is 0 Å². The Bertz CT molecular complexity index is 1280. The van der Waals surface area contributed by atoms with Crippen molar-refractivity contribution in [3.8, 4) is 0 Å². The average Bonchev–Trinajstić information content (AvgIpc) is 3.47. The van der Waals surface area contributed by atoms with Crippen LogP contribution < -0.4 is 21.8 Å². The molecule has 182 valence electrons. The van der Waals surface area contributed by atoms with Gasteiger partial charge < -0.3 is 21.1 Å². The van der Waals surface area contributed by atoms with E-state index in [2.05, 4.69) is 84.3 Å². The number of rotatable bonds is 5. The average molecular weight is 505 g/mol. The van der Waals surface area contributed by atoms with Crippen molar-refractivity contribution in [1.29, 1.82) is 0 Å². The van der Waals surface area contributed by atoms with E-state index < -0.39 is 13.8 Å². The van der Waals surface area contributed by atoms with Crippen LogP contribution in [0.1, 0.15) is 39.0 Å². The smallest absolute Gasteiger partial charge is 0.224 e. The number of aromatic nitrogens is 4. The molecular weight excluding hydrogens is 472 g/mol. The van der Waals surface area contributed by atoms with Gasteiger partial charge in [-0.1, -0.05) is 91.8 Å². The summed E-state index contributed by atoms with van der Waals surface area (Å²) >= 11 is 1.80. The van der Waals surface area contributed by atoms with E-state index in [-0.39, 0.29) is 27.4 Å². The number of thioether (sulfide) groups is 1. The molecule has 0 radical (unpaired) electrons. The Balaban J connectivity index is 1.56.